The summed E-state index contributed by atoms with van der Waals surface area (Å²) in [6.07, 6.45) is 0.552. The molecule has 1 atom stereocenters. The molecular formula is C11H18BF3NO2-. The van der Waals surface area contributed by atoms with Crippen LogP contribution in [-0.2, 0) is 4.74 Å². The first-order valence-corrected chi connectivity index (χ1v) is 6.21. The van der Waals surface area contributed by atoms with Crippen LogP contribution in [0, 0.1) is 5.41 Å². The fourth-order valence-electron chi connectivity index (χ4n) is 2.88. The number of nitrogens with one attached hydrogen (secondary N) is 1. The molecule has 0 radical (unpaired) electrons. The maximum atomic E-state index is 12.5. The van der Waals surface area contributed by atoms with Crippen molar-refractivity contribution in [3.8, 4) is 0 Å². The molecule has 1 spiro atoms. The van der Waals surface area contributed by atoms with E-state index < -0.39 is 29.9 Å². The highest BCUT2D eigenvalue weighted by Gasteiger charge is 2.66. The molecule has 0 aliphatic heterocycles. The van der Waals surface area contributed by atoms with Gasteiger partial charge in [0.1, 0.15) is 5.60 Å². The zero-order valence-electron chi connectivity index (χ0n) is 10.8. The molecule has 0 aromatic heterocycles. The van der Waals surface area contributed by atoms with E-state index >= 15 is 0 Å². The lowest BCUT2D eigenvalue weighted by molar-refractivity contribution is 0.0440. The van der Waals surface area contributed by atoms with Crippen LogP contribution < -0.4 is 5.32 Å². The van der Waals surface area contributed by atoms with Crippen molar-refractivity contribution in [2.45, 2.75) is 57.5 Å². The molecule has 0 saturated heterocycles. The van der Waals surface area contributed by atoms with Crippen molar-refractivity contribution in [2.75, 3.05) is 0 Å². The van der Waals surface area contributed by atoms with Gasteiger partial charge in [0.05, 0.1) is 0 Å². The van der Waals surface area contributed by atoms with E-state index in [1.165, 1.54) is 0 Å². The van der Waals surface area contributed by atoms with Gasteiger partial charge in [-0.15, -0.1) is 0 Å². The van der Waals surface area contributed by atoms with Crippen molar-refractivity contribution >= 4 is 13.1 Å². The maximum absolute atomic E-state index is 12.5. The molecule has 0 aromatic carbocycles. The third kappa shape index (κ3) is 2.75. The number of halogens is 3. The lowest BCUT2D eigenvalue weighted by Crippen LogP contribution is -2.48. The molecule has 3 nitrogen and oxygen atoms in total. The molecule has 0 aromatic rings. The van der Waals surface area contributed by atoms with Crippen molar-refractivity contribution in [3.05, 3.63) is 0 Å². The van der Waals surface area contributed by atoms with Crippen molar-refractivity contribution in [1.29, 1.82) is 0 Å². The molecule has 0 heterocycles. The van der Waals surface area contributed by atoms with Crippen LogP contribution in [0.4, 0.5) is 17.7 Å². The first-order chi connectivity index (χ1) is 8.02. The van der Waals surface area contributed by atoms with E-state index in [9.17, 15) is 17.7 Å². The molecule has 2 rings (SSSR count). The quantitative estimate of drug-likeness (QED) is 0.777. The number of hydrogen-bond donors (Lipinski definition) is 1. The summed E-state index contributed by atoms with van der Waals surface area (Å²) >= 11 is 0. The van der Waals surface area contributed by atoms with E-state index in [0.29, 0.717) is 12.8 Å². The Hall–Kier alpha value is -0.875. The summed E-state index contributed by atoms with van der Waals surface area (Å²) in [5, 5.41) is 2.62. The van der Waals surface area contributed by atoms with Crippen LogP contribution in [0.5, 0.6) is 0 Å². The summed E-state index contributed by atoms with van der Waals surface area (Å²) in [5.74, 6) is -1.10. The average Bonchev–Trinajstić information content (AvgIpc) is 2.72. The topological polar surface area (TPSA) is 38.3 Å². The largest absolute Gasteiger partial charge is 0.481 e. The number of carbonyl (C=O) groups is 1. The first-order valence-electron chi connectivity index (χ1n) is 6.21. The Labute approximate surface area is 105 Å². The average molecular weight is 264 g/mol. The predicted molar refractivity (Wildman–Crippen MR) is 62.3 cm³/mol. The van der Waals surface area contributed by atoms with E-state index in [2.05, 4.69) is 5.32 Å². The van der Waals surface area contributed by atoms with E-state index in [0.717, 1.165) is 0 Å². The van der Waals surface area contributed by atoms with Crippen LogP contribution in [0.2, 0.25) is 5.82 Å². The molecular weight excluding hydrogens is 246 g/mol. The Morgan fingerprint density at radius 2 is 1.83 bits per heavy atom. The summed E-state index contributed by atoms with van der Waals surface area (Å²) in [4.78, 5) is 11.4. The molecule has 1 amide bonds. The van der Waals surface area contributed by atoms with Gasteiger partial charge in [-0.3, -0.25) is 0 Å². The molecule has 0 bridgehead atoms. The number of alkyl carbamates (subject to hydrolysis) is 1. The fourth-order valence-corrected chi connectivity index (χ4v) is 2.88. The lowest BCUT2D eigenvalue weighted by atomic mass is 9.67. The highest BCUT2D eigenvalue weighted by Crippen LogP contribution is 2.73. The fraction of sp³-hybridized carbons (Fsp3) is 0.909. The van der Waals surface area contributed by atoms with Crippen molar-refractivity contribution in [2.24, 2.45) is 5.41 Å². The minimum Gasteiger partial charge on any atom is -0.449 e. The van der Waals surface area contributed by atoms with Gasteiger partial charge in [0.15, 0.2) is 0 Å². The van der Waals surface area contributed by atoms with E-state index in [-0.39, 0.29) is 12.5 Å². The summed E-state index contributed by atoms with van der Waals surface area (Å²) in [5.41, 5.74) is -1.14. The standard InChI is InChI=1S/C11H18BF3NO2/c1-10(2,3)18-9(17)16-7-4-11(5-7)6-8(11)12(13,14)15/h7-8H,4-6H2,1-3H3,(H,16,17)/q-1. The Morgan fingerprint density at radius 3 is 2.22 bits per heavy atom. The lowest BCUT2D eigenvalue weighted by Gasteiger charge is -2.39. The van der Waals surface area contributed by atoms with Gasteiger partial charge < -0.3 is 23.0 Å². The SMILES string of the molecule is CC(C)(C)OC(=O)NC1CC2(C1)CC2[B-](F)(F)F. The molecule has 2 saturated carbocycles. The second-order valence-corrected chi connectivity index (χ2v) is 6.55. The van der Waals surface area contributed by atoms with E-state index in [4.69, 9.17) is 4.74 Å². The van der Waals surface area contributed by atoms with E-state index in [1.807, 2.05) is 0 Å². The van der Waals surface area contributed by atoms with Gasteiger partial charge in [0, 0.05) is 6.04 Å². The molecule has 2 fully saturated rings. The van der Waals surface area contributed by atoms with Gasteiger partial charge in [-0.25, -0.2) is 4.79 Å². The summed E-state index contributed by atoms with van der Waals surface area (Å²) in [7, 11) is 0. The third-order valence-corrected chi connectivity index (χ3v) is 3.74. The number of amides is 1. The monoisotopic (exact) mass is 264 g/mol. The van der Waals surface area contributed by atoms with Crippen LogP contribution in [0.25, 0.3) is 0 Å². The van der Waals surface area contributed by atoms with Crippen LogP contribution in [0.1, 0.15) is 40.0 Å². The number of ether oxygens (including phenoxy) is 1. The Balaban J connectivity index is 1.74. The predicted octanol–water partition coefficient (Wildman–Crippen LogP) is 3.28. The van der Waals surface area contributed by atoms with Gasteiger partial charge in [-0.05, 0) is 39.0 Å². The van der Waals surface area contributed by atoms with Gasteiger partial charge in [-0.1, -0.05) is 12.2 Å². The Bertz CT molecular complexity index is 358. The molecule has 2 aliphatic carbocycles. The van der Waals surface area contributed by atoms with Gasteiger partial charge >= 0.3 is 13.1 Å². The molecule has 18 heavy (non-hydrogen) atoms. The second-order valence-electron chi connectivity index (χ2n) is 6.55. The molecule has 104 valence electrons. The van der Waals surface area contributed by atoms with Gasteiger partial charge in [0.25, 0.3) is 0 Å². The van der Waals surface area contributed by atoms with Crippen molar-refractivity contribution in [3.63, 3.8) is 0 Å². The number of hydrogen-bond acceptors (Lipinski definition) is 2. The summed E-state index contributed by atoms with van der Waals surface area (Å²) in [6.45, 7) is 0.530. The number of carbonyl (C=O) groups excluding carboxylic acids is 1. The smallest absolute Gasteiger partial charge is 0.449 e. The first kappa shape index (κ1) is 13.6. The van der Waals surface area contributed by atoms with Crippen LogP contribution in [0.15, 0.2) is 0 Å². The molecule has 1 unspecified atom stereocenters. The second kappa shape index (κ2) is 3.81. The zero-order chi connectivity index (χ0) is 13.8. The van der Waals surface area contributed by atoms with Gasteiger partial charge in [-0.2, -0.15) is 0 Å². The Morgan fingerprint density at radius 1 is 1.28 bits per heavy atom. The van der Waals surface area contributed by atoms with E-state index in [1.54, 1.807) is 20.8 Å². The molecule has 1 N–H and O–H groups in total. The maximum Gasteiger partial charge on any atom is 0.481 e. The van der Waals surface area contributed by atoms with Crippen molar-refractivity contribution in [1.82, 2.24) is 5.32 Å². The third-order valence-electron chi connectivity index (χ3n) is 3.74. The van der Waals surface area contributed by atoms with Crippen LogP contribution in [-0.4, -0.2) is 24.7 Å². The normalized spacial score (nSPS) is 35.0. The highest BCUT2D eigenvalue weighted by atomic mass is 19.4. The van der Waals surface area contributed by atoms with Crippen LogP contribution >= 0.6 is 0 Å². The Kier molecular flexibility index (Phi) is 2.87. The highest BCUT2D eigenvalue weighted by molar-refractivity contribution is 6.61. The van der Waals surface area contributed by atoms with Gasteiger partial charge in [0.2, 0.25) is 0 Å². The summed E-state index contributed by atoms with van der Waals surface area (Å²) in [6, 6.07) is -0.164. The van der Waals surface area contributed by atoms with Crippen LogP contribution in [0.3, 0.4) is 0 Å². The summed E-state index contributed by atoms with van der Waals surface area (Å²) < 4.78 is 42.6. The molecule has 7 heteroatoms. The molecule has 2 aliphatic rings. The minimum absolute atomic E-state index is 0.164. The zero-order valence-corrected chi connectivity index (χ0v) is 10.8. The number of rotatable bonds is 2. The van der Waals surface area contributed by atoms with Crippen molar-refractivity contribution < 1.29 is 22.5 Å². The minimum atomic E-state index is -4.71.